The van der Waals surface area contributed by atoms with Gasteiger partial charge in [0.1, 0.15) is 4.60 Å². The first-order valence-corrected chi connectivity index (χ1v) is 7.43. The Labute approximate surface area is 117 Å². The standard InChI is InChI=1S/C14H19BrN2O/c1-2-10-6-3-4-8-12(10)17-14(18)11-7-5-9-16-13(11)15/h5,7,9-10,12H,2-4,6,8H2,1H3,(H,17,18). The molecule has 0 bridgehead atoms. The van der Waals surface area contributed by atoms with Gasteiger partial charge >= 0.3 is 0 Å². The topological polar surface area (TPSA) is 42.0 Å². The molecule has 98 valence electrons. The average molecular weight is 311 g/mol. The molecule has 0 spiro atoms. The Morgan fingerprint density at radius 1 is 1.50 bits per heavy atom. The largest absolute Gasteiger partial charge is 0.349 e. The fraction of sp³-hybridized carbons (Fsp3) is 0.571. The zero-order valence-corrected chi connectivity index (χ0v) is 12.2. The van der Waals surface area contributed by atoms with Crippen LogP contribution in [0.4, 0.5) is 0 Å². The third-order valence-electron chi connectivity index (χ3n) is 3.75. The molecule has 1 fully saturated rings. The molecule has 0 radical (unpaired) electrons. The van der Waals surface area contributed by atoms with Crippen molar-refractivity contribution < 1.29 is 4.79 Å². The smallest absolute Gasteiger partial charge is 0.254 e. The molecule has 18 heavy (non-hydrogen) atoms. The molecular weight excluding hydrogens is 292 g/mol. The SMILES string of the molecule is CCC1CCCCC1NC(=O)c1cccnc1Br. The van der Waals surface area contributed by atoms with Crippen LogP contribution in [0.15, 0.2) is 22.9 Å². The Bertz CT molecular complexity index is 422. The number of carbonyl (C=O) groups excluding carboxylic acids is 1. The second-order valence-electron chi connectivity index (χ2n) is 4.87. The minimum Gasteiger partial charge on any atom is -0.349 e. The summed E-state index contributed by atoms with van der Waals surface area (Å²) in [5.41, 5.74) is 0.623. The van der Waals surface area contributed by atoms with E-state index >= 15 is 0 Å². The fourth-order valence-corrected chi connectivity index (χ4v) is 3.12. The first kappa shape index (κ1) is 13.5. The zero-order valence-electron chi connectivity index (χ0n) is 10.7. The van der Waals surface area contributed by atoms with Gasteiger partial charge in [0.15, 0.2) is 0 Å². The molecule has 2 atom stereocenters. The number of nitrogens with one attached hydrogen (secondary N) is 1. The maximum Gasteiger partial charge on any atom is 0.254 e. The van der Waals surface area contributed by atoms with Crippen molar-refractivity contribution in [3.63, 3.8) is 0 Å². The number of aromatic nitrogens is 1. The molecule has 1 saturated carbocycles. The Morgan fingerprint density at radius 3 is 3.00 bits per heavy atom. The van der Waals surface area contributed by atoms with E-state index in [1.165, 1.54) is 19.3 Å². The lowest BCUT2D eigenvalue weighted by molar-refractivity contribution is 0.0903. The van der Waals surface area contributed by atoms with E-state index in [0.717, 1.165) is 12.8 Å². The Kier molecular flexibility index (Phi) is 4.75. The van der Waals surface area contributed by atoms with Crippen molar-refractivity contribution in [1.82, 2.24) is 10.3 Å². The fourth-order valence-electron chi connectivity index (χ4n) is 2.69. The van der Waals surface area contributed by atoms with Gasteiger partial charge in [-0.2, -0.15) is 0 Å². The van der Waals surface area contributed by atoms with Gasteiger partial charge in [0, 0.05) is 12.2 Å². The molecule has 0 aromatic carbocycles. The number of hydrogen-bond acceptors (Lipinski definition) is 2. The summed E-state index contributed by atoms with van der Waals surface area (Å²) in [7, 11) is 0. The molecule has 3 nitrogen and oxygen atoms in total. The Hall–Kier alpha value is -0.900. The molecule has 2 rings (SSSR count). The van der Waals surface area contributed by atoms with Crippen molar-refractivity contribution in [2.45, 2.75) is 45.1 Å². The molecule has 0 aliphatic heterocycles. The summed E-state index contributed by atoms with van der Waals surface area (Å²) in [6.07, 6.45) is 7.66. The van der Waals surface area contributed by atoms with Gasteiger partial charge in [0.2, 0.25) is 0 Å². The Morgan fingerprint density at radius 2 is 2.28 bits per heavy atom. The maximum absolute atomic E-state index is 12.2. The van der Waals surface area contributed by atoms with E-state index in [-0.39, 0.29) is 5.91 Å². The average Bonchev–Trinajstić information content (AvgIpc) is 2.39. The summed E-state index contributed by atoms with van der Waals surface area (Å²) in [4.78, 5) is 16.3. The van der Waals surface area contributed by atoms with Crippen LogP contribution in [0.3, 0.4) is 0 Å². The third kappa shape index (κ3) is 3.10. The van der Waals surface area contributed by atoms with Gasteiger partial charge in [0.05, 0.1) is 5.56 Å². The van der Waals surface area contributed by atoms with Crippen molar-refractivity contribution in [1.29, 1.82) is 0 Å². The number of pyridine rings is 1. The van der Waals surface area contributed by atoms with Crippen molar-refractivity contribution in [3.8, 4) is 0 Å². The van der Waals surface area contributed by atoms with Gasteiger partial charge in [0.25, 0.3) is 5.91 Å². The van der Waals surface area contributed by atoms with Gasteiger partial charge < -0.3 is 5.32 Å². The van der Waals surface area contributed by atoms with E-state index in [1.807, 2.05) is 0 Å². The molecule has 1 aromatic heterocycles. The predicted molar refractivity (Wildman–Crippen MR) is 75.4 cm³/mol. The monoisotopic (exact) mass is 310 g/mol. The molecule has 1 N–H and O–H groups in total. The maximum atomic E-state index is 12.2. The van der Waals surface area contributed by atoms with Crippen LogP contribution in [0, 0.1) is 5.92 Å². The highest BCUT2D eigenvalue weighted by Gasteiger charge is 2.25. The van der Waals surface area contributed by atoms with Gasteiger partial charge in [-0.1, -0.05) is 26.2 Å². The van der Waals surface area contributed by atoms with E-state index in [2.05, 4.69) is 33.2 Å². The normalized spacial score (nSPS) is 23.7. The van der Waals surface area contributed by atoms with Crippen LogP contribution in [-0.2, 0) is 0 Å². The highest BCUT2D eigenvalue weighted by Crippen LogP contribution is 2.27. The molecule has 4 heteroatoms. The van der Waals surface area contributed by atoms with E-state index < -0.39 is 0 Å². The minimum absolute atomic E-state index is 0.0136. The molecule has 1 aliphatic carbocycles. The number of carbonyl (C=O) groups is 1. The molecular formula is C14H19BrN2O. The number of halogens is 1. The van der Waals surface area contributed by atoms with Crippen LogP contribution in [0.2, 0.25) is 0 Å². The van der Waals surface area contributed by atoms with E-state index in [4.69, 9.17) is 0 Å². The van der Waals surface area contributed by atoms with Gasteiger partial charge in [-0.3, -0.25) is 4.79 Å². The predicted octanol–water partition coefficient (Wildman–Crippen LogP) is 3.54. The van der Waals surface area contributed by atoms with E-state index in [9.17, 15) is 4.79 Å². The molecule has 2 unspecified atom stereocenters. The summed E-state index contributed by atoms with van der Waals surface area (Å²) < 4.78 is 0.617. The second kappa shape index (κ2) is 6.32. The van der Waals surface area contributed by atoms with Crippen molar-refractivity contribution in [2.75, 3.05) is 0 Å². The molecule has 1 heterocycles. The first-order chi connectivity index (χ1) is 8.72. The number of nitrogens with zero attached hydrogens (tertiary/aromatic N) is 1. The van der Waals surface area contributed by atoms with Crippen molar-refractivity contribution in [2.24, 2.45) is 5.92 Å². The van der Waals surface area contributed by atoms with Crippen LogP contribution >= 0.6 is 15.9 Å². The minimum atomic E-state index is -0.0136. The van der Waals surface area contributed by atoms with Crippen LogP contribution in [0.5, 0.6) is 0 Å². The quantitative estimate of drug-likeness (QED) is 0.868. The molecule has 1 aliphatic rings. The van der Waals surface area contributed by atoms with Crippen LogP contribution in [0.1, 0.15) is 49.4 Å². The highest BCUT2D eigenvalue weighted by atomic mass is 79.9. The summed E-state index contributed by atoms with van der Waals surface area (Å²) >= 11 is 3.32. The zero-order chi connectivity index (χ0) is 13.0. The first-order valence-electron chi connectivity index (χ1n) is 6.63. The summed E-state index contributed by atoms with van der Waals surface area (Å²) in [5.74, 6) is 0.610. The number of amides is 1. The number of rotatable bonds is 3. The third-order valence-corrected chi connectivity index (χ3v) is 4.39. The van der Waals surface area contributed by atoms with Crippen molar-refractivity contribution in [3.05, 3.63) is 28.5 Å². The van der Waals surface area contributed by atoms with E-state index in [0.29, 0.717) is 22.1 Å². The van der Waals surface area contributed by atoms with Gasteiger partial charge in [-0.25, -0.2) is 4.98 Å². The lowest BCUT2D eigenvalue weighted by Gasteiger charge is -2.31. The summed E-state index contributed by atoms with van der Waals surface area (Å²) in [6.45, 7) is 2.20. The summed E-state index contributed by atoms with van der Waals surface area (Å²) in [6, 6.07) is 3.91. The van der Waals surface area contributed by atoms with Crippen molar-refractivity contribution >= 4 is 21.8 Å². The Balaban J connectivity index is 2.04. The van der Waals surface area contributed by atoms with E-state index in [1.54, 1.807) is 18.3 Å². The highest BCUT2D eigenvalue weighted by molar-refractivity contribution is 9.10. The summed E-state index contributed by atoms with van der Waals surface area (Å²) in [5, 5.41) is 3.17. The molecule has 1 amide bonds. The van der Waals surface area contributed by atoms with Gasteiger partial charge in [-0.05, 0) is 46.8 Å². The second-order valence-corrected chi connectivity index (χ2v) is 5.63. The van der Waals surface area contributed by atoms with Crippen LogP contribution < -0.4 is 5.32 Å². The van der Waals surface area contributed by atoms with Crippen LogP contribution in [-0.4, -0.2) is 16.9 Å². The van der Waals surface area contributed by atoms with Gasteiger partial charge in [-0.15, -0.1) is 0 Å². The number of hydrogen-bond donors (Lipinski definition) is 1. The molecule has 1 aromatic rings. The lowest BCUT2D eigenvalue weighted by atomic mass is 9.83. The lowest BCUT2D eigenvalue weighted by Crippen LogP contribution is -2.42. The molecule has 0 saturated heterocycles. The van der Waals surface area contributed by atoms with Crippen LogP contribution in [0.25, 0.3) is 0 Å².